The van der Waals surface area contributed by atoms with E-state index in [2.05, 4.69) is 4.98 Å². The average Bonchev–Trinajstić information content (AvgIpc) is 3.47. The molecule has 2 aromatic carbocycles. The molecule has 1 atom stereocenters. The maximum atomic E-state index is 13.2. The number of carbonyl (C=O) groups is 1. The molecule has 0 N–H and O–H groups in total. The standard InChI is InChI=1S/C23H25ClN2O5S2/c1-30-16-9-11-18(12-10-16)33(28,29)14-4-8-21(27)26(15-17-5-3-13-31-17)23-25-22-19(24)6-2-7-20(22)32-23/h2,6-7,9-12,17H,3-5,8,13-15H2,1H3. The number of nitrogens with zero attached hydrogens (tertiary/aromatic N) is 2. The molecule has 1 aliphatic heterocycles. The van der Waals surface area contributed by atoms with E-state index in [1.54, 1.807) is 23.1 Å². The van der Waals surface area contributed by atoms with Crippen molar-refractivity contribution in [2.75, 3.05) is 30.9 Å². The van der Waals surface area contributed by atoms with Crippen molar-refractivity contribution < 1.29 is 22.7 Å². The monoisotopic (exact) mass is 508 g/mol. The SMILES string of the molecule is COc1ccc(S(=O)(=O)CCCC(=O)N(CC2CCCO2)c2nc3c(Cl)cccc3s2)cc1. The number of halogens is 1. The number of anilines is 1. The summed E-state index contributed by atoms with van der Waals surface area (Å²) in [5.41, 5.74) is 0.659. The third kappa shape index (κ3) is 5.66. The van der Waals surface area contributed by atoms with Crippen molar-refractivity contribution in [3.8, 4) is 5.75 Å². The Balaban J connectivity index is 1.47. The van der Waals surface area contributed by atoms with Crippen molar-refractivity contribution in [3.05, 3.63) is 47.5 Å². The third-order valence-electron chi connectivity index (χ3n) is 5.52. The summed E-state index contributed by atoms with van der Waals surface area (Å²) in [4.78, 5) is 19.6. The van der Waals surface area contributed by atoms with Crippen molar-refractivity contribution in [1.82, 2.24) is 4.98 Å². The van der Waals surface area contributed by atoms with Crippen LogP contribution in [0.1, 0.15) is 25.7 Å². The Morgan fingerprint density at radius 1 is 1.27 bits per heavy atom. The molecule has 4 rings (SSSR count). The molecular weight excluding hydrogens is 484 g/mol. The fourth-order valence-corrected chi connectivity index (χ4v) is 6.35. The molecule has 3 aromatic rings. The number of para-hydroxylation sites is 1. The lowest BCUT2D eigenvalue weighted by Gasteiger charge is -2.23. The first-order chi connectivity index (χ1) is 15.9. The van der Waals surface area contributed by atoms with Gasteiger partial charge in [0.1, 0.15) is 11.3 Å². The first-order valence-electron chi connectivity index (χ1n) is 10.7. The Morgan fingerprint density at radius 3 is 2.73 bits per heavy atom. The number of benzene rings is 2. The molecule has 1 aliphatic rings. The topological polar surface area (TPSA) is 85.8 Å². The summed E-state index contributed by atoms with van der Waals surface area (Å²) in [6.45, 7) is 1.07. The lowest BCUT2D eigenvalue weighted by Crippen LogP contribution is -2.37. The Kier molecular flexibility index (Phi) is 7.53. The summed E-state index contributed by atoms with van der Waals surface area (Å²) in [6, 6.07) is 11.8. The van der Waals surface area contributed by atoms with Gasteiger partial charge >= 0.3 is 0 Å². The van der Waals surface area contributed by atoms with Crippen LogP contribution in [-0.4, -0.2) is 51.4 Å². The van der Waals surface area contributed by atoms with Crippen molar-refractivity contribution in [1.29, 1.82) is 0 Å². The summed E-state index contributed by atoms with van der Waals surface area (Å²) >= 11 is 7.67. The minimum absolute atomic E-state index is 0.0561. The highest BCUT2D eigenvalue weighted by Gasteiger charge is 2.27. The number of ether oxygens (including phenoxy) is 2. The predicted octanol–water partition coefficient (Wildman–Crippen LogP) is 4.72. The number of rotatable bonds is 9. The van der Waals surface area contributed by atoms with Gasteiger partial charge in [-0.3, -0.25) is 9.69 Å². The molecule has 7 nitrogen and oxygen atoms in total. The van der Waals surface area contributed by atoms with E-state index < -0.39 is 9.84 Å². The van der Waals surface area contributed by atoms with Crippen LogP contribution in [0.5, 0.6) is 5.75 Å². The van der Waals surface area contributed by atoms with E-state index in [4.69, 9.17) is 21.1 Å². The van der Waals surface area contributed by atoms with Crippen LogP contribution in [0, 0.1) is 0 Å². The summed E-state index contributed by atoms with van der Waals surface area (Å²) in [7, 11) is -1.98. The van der Waals surface area contributed by atoms with Crippen molar-refractivity contribution in [3.63, 3.8) is 0 Å². The molecule has 1 unspecified atom stereocenters. The average molecular weight is 509 g/mol. The smallest absolute Gasteiger partial charge is 0.228 e. The third-order valence-corrected chi connectivity index (χ3v) is 8.69. The van der Waals surface area contributed by atoms with Gasteiger partial charge in [0.05, 0.1) is 40.1 Å². The molecule has 1 saturated heterocycles. The van der Waals surface area contributed by atoms with E-state index in [1.165, 1.54) is 30.6 Å². The number of hydrogen-bond acceptors (Lipinski definition) is 7. The fourth-order valence-electron chi connectivity index (χ4n) is 3.75. The van der Waals surface area contributed by atoms with E-state index in [9.17, 15) is 13.2 Å². The highest BCUT2D eigenvalue weighted by Crippen LogP contribution is 2.34. The number of hydrogen-bond donors (Lipinski definition) is 0. The second-order valence-electron chi connectivity index (χ2n) is 7.82. The van der Waals surface area contributed by atoms with Crippen molar-refractivity contribution in [2.45, 2.75) is 36.7 Å². The van der Waals surface area contributed by atoms with Crippen LogP contribution in [-0.2, 0) is 19.4 Å². The van der Waals surface area contributed by atoms with Gasteiger partial charge in [-0.15, -0.1) is 0 Å². The lowest BCUT2D eigenvalue weighted by molar-refractivity contribution is -0.119. The number of thiazole rings is 1. The normalized spacial score (nSPS) is 16.2. The molecule has 1 fully saturated rings. The molecule has 0 radical (unpaired) electrons. The van der Waals surface area contributed by atoms with E-state index >= 15 is 0 Å². The molecule has 0 bridgehead atoms. The maximum Gasteiger partial charge on any atom is 0.228 e. The zero-order chi connectivity index (χ0) is 23.4. The fraction of sp³-hybridized carbons (Fsp3) is 0.391. The van der Waals surface area contributed by atoms with Crippen LogP contribution in [0.25, 0.3) is 10.2 Å². The molecule has 0 aliphatic carbocycles. The van der Waals surface area contributed by atoms with Gasteiger partial charge < -0.3 is 9.47 Å². The second-order valence-corrected chi connectivity index (χ2v) is 11.3. The van der Waals surface area contributed by atoms with Crippen LogP contribution in [0.4, 0.5) is 5.13 Å². The van der Waals surface area contributed by atoms with Crippen LogP contribution < -0.4 is 9.64 Å². The van der Waals surface area contributed by atoms with Gasteiger partial charge in [0.15, 0.2) is 15.0 Å². The minimum atomic E-state index is -3.50. The molecule has 33 heavy (non-hydrogen) atoms. The van der Waals surface area contributed by atoms with Crippen LogP contribution in [0.3, 0.4) is 0 Å². The maximum absolute atomic E-state index is 13.2. The lowest BCUT2D eigenvalue weighted by atomic mass is 10.2. The van der Waals surface area contributed by atoms with Gasteiger partial charge in [-0.2, -0.15) is 0 Å². The summed E-state index contributed by atoms with van der Waals surface area (Å²) in [6.07, 6.45) is 2.08. The Hall–Kier alpha value is -2.20. The minimum Gasteiger partial charge on any atom is -0.497 e. The number of amides is 1. The summed E-state index contributed by atoms with van der Waals surface area (Å²) in [5, 5.41) is 1.08. The largest absolute Gasteiger partial charge is 0.497 e. The molecule has 1 amide bonds. The van der Waals surface area contributed by atoms with E-state index in [0.717, 1.165) is 17.5 Å². The van der Waals surface area contributed by atoms with Crippen molar-refractivity contribution >= 4 is 54.0 Å². The molecule has 1 aromatic heterocycles. The van der Waals surface area contributed by atoms with E-state index in [-0.39, 0.29) is 35.5 Å². The van der Waals surface area contributed by atoms with Gasteiger partial charge in [0, 0.05) is 13.0 Å². The Morgan fingerprint density at radius 2 is 2.06 bits per heavy atom. The Bertz CT molecular complexity index is 1220. The van der Waals surface area contributed by atoms with E-state index in [1.807, 2.05) is 12.1 Å². The zero-order valence-electron chi connectivity index (χ0n) is 18.2. The van der Waals surface area contributed by atoms with Crippen LogP contribution in [0.2, 0.25) is 5.02 Å². The molecule has 0 saturated carbocycles. The first-order valence-corrected chi connectivity index (χ1v) is 13.6. The van der Waals surface area contributed by atoms with Crippen LogP contribution in [0.15, 0.2) is 47.4 Å². The van der Waals surface area contributed by atoms with Gasteiger partial charge in [0.25, 0.3) is 0 Å². The molecule has 2 heterocycles. The van der Waals surface area contributed by atoms with Gasteiger partial charge in [-0.05, 0) is 55.7 Å². The highest BCUT2D eigenvalue weighted by molar-refractivity contribution is 7.91. The first kappa shape index (κ1) is 23.9. The second kappa shape index (κ2) is 10.4. The summed E-state index contributed by atoms with van der Waals surface area (Å²) < 4.78 is 37.1. The van der Waals surface area contributed by atoms with E-state index in [0.29, 0.717) is 34.6 Å². The highest BCUT2D eigenvalue weighted by atomic mass is 35.5. The summed E-state index contributed by atoms with van der Waals surface area (Å²) in [5.74, 6) is 0.292. The molecule has 10 heteroatoms. The van der Waals surface area contributed by atoms with Gasteiger partial charge in [0.2, 0.25) is 5.91 Å². The van der Waals surface area contributed by atoms with Gasteiger partial charge in [-0.1, -0.05) is 29.0 Å². The zero-order valence-corrected chi connectivity index (χ0v) is 20.6. The number of carbonyl (C=O) groups excluding carboxylic acids is 1. The number of sulfone groups is 1. The predicted molar refractivity (Wildman–Crippen MR) is 130 cm³/mol. The van der Waals surface area contributed by atoms with Crippen LogP contribution >= 0.6 is 22.9 Å². The molecular formula is C23H25ClN2O5S2. The Labute approximate surface area is 202 Å². The molecule has 0 spiro atoms. The number of methoxy groups -OCH3 is 1. The van der Waals surface area contributed by atoms with Gasteiger partial charge in [-0.25, -0.2) is 13.4 Å². The number of aromatic nitrogens is 1. The molecule has 176 valence electrons. The quantitative estimate of drug-likeness (QED) is 0.415. The van der Waals surface area contributed by atoms with Crippen molar-refractivity contribution in [2.24, 2.45) is 0 Å². The number of fused-ring (bicyclic) bond motifs is 1.